The first-order valence-corrected chi connectivity index (χ1v) is 5.40. The van der Waals surface area contributed by atoms with Crippen LogP contribution >= 0.6 is 0 Å². The zero-order valence-electron chi connectivity index (χ0n) is 9.69. The molecule has 0 spiro atoms. The van der Waals surface area contributed by atoms with E-state index in [1.165, 1.54) is 0 Å². The number of benzene rings is 1. The van der Waals surface area contributed by atoms with Crippen molar-refractivity contribution in [1.82, 2.24) is 5.16 Å². The summed E-state index contributed by atoms with van der Waals surface area (Å²) in [5.41, 5.74) is 7.87. The van der Waals surface area contributed by atoms with Gasteiger partial charge in [0.05, 0.1) is 19.2 Å². The van der Waals surface area contributed by atoms with Crippen molar-refractivity contribution in [3.8, 4) is 17.1 Å². The summed E-state index contributed by atoms with van der Waals surface area (Å²) in [5.74, 6) is 1.41. The van der Waals surface area contributed by atoms with E-state index in [-0.39, 0.29) is 5.91 Å². The molecule has 2 aromatic rings. The van der Waals surface area contributed by atoms with Crippen LogP contribution in [0, 0.1) is 0 Å². The van der Waals surface area contributed by atoms with Crippen LogP contribution in [0.25, 0.3) is 11.3 Å². The predicted molar refractivity (Wildman–Crippen MR) is 65.2 cm³/mol. The Bertz CT molecular complexity index is 633. The molecular weight excluding hydrogens is 234 g/mol. The lowest BCUT2D eigenvalue weighted by Gasteiger charge is -2.08. The van der Waals surface area contributed by atoms with Gasteiger partial charge in [-0.2, -0.15) is 0 Å². The highest BCUT2D eigenvalue weighted by Gasteiger charge is 2.24. The van der Waals surface area contributed by atoms with Gasteiger partial charge in [0.15, 0.2) is 11.6 Å². The number of rotatable bonds is 2. The standard InChI is InChI=1S/C12H11N3O3/c1-17-7-2-6-3-11(16)14-12(6)8(4-7)9-5-10(13)15-18-9/h2,4-5H,3H2,1H3,(H2,13,15)(H,14,16). The third-order valence-corrected chi connectivity index (χ3v) is 2.84. The van der Waals surface area contributed by atoms with Crippen LogP contribution in [0.2, 0.25) is 0 Å². The number of nitrogen functional groups attached to an aromatic ring is 1. The largest absolute Gasteiger partial charge is 0.497 e. The number of anilines is 2. The van der Waals surface area contributed by atoms with Gasteiger partial charge < -0.3 is 20.3 Å². The van der Waals surface area contributed by atoms with Gasteiger partial charge in [0.2, 0.25) is 5.91 Å². The minimum absolute atomic E-state index is 0.0491. The van der Waals surface area contributed by atoms with Gasteiger partial charge in [-0.3, -0.25) is 4.79 Å². The summed E-state index contributed by atoms with van der Waals surface area (Å²) in [7, 11) is 1.57. The first-order chi connectivity index (χ1) is 8.67. The van der Waals surface area contributed by atoms with Crippen LogP contribution in [-0.4, -0.2) is 18.2 Å². The van der Waals surface area contributed by atoms with Gasteiger partial charge in [-0.25, -0.2) is 0 Å². The molecule has 3 rings (SSSR count). The van der Waals surface area contributed by atoms with Gasteiger partial charge in [0.25, 0.3) is 0 Å². The van der Waals surface area contributed by atoms with Gasteiger partial charge >= 0.3 is 0 Å². The second kappa shape index (κ2) is 3.76. The molecule has 0 saturated carbocycles. The molecule has 3 N–H and O–H groups in total. The van der Waals surface area contributed by atoms with Gasteiger partial charge in [-0.1, -0.05) is 5.16 Å². The molecule has 1 amide bonds. The van der Waals surface area contributed by atoms with E-state index in [1.54, 1.807) is 19.2 Å². The average molecular weight is 245 g/mol. The number of fused-ring (bicyclic) bond motifs is 1. The Morgan fingerprint density at radius 3 is 2.94 bits per heavy atom. The molecule has 6 heteroatoms. The number of nitrogens with one attached hydrogen (secondary N) is 1. The van der Waals surface area contributed by atoms with Crippen LogP contribution in [0.4, 0.5) is 11.5 Å². The number of amides is 1. The Morgan fingerprint density at radius 1 is 1.44 bits per heavy atom. The average Bonchev–Trinajstić information content (AvgIpc) is 2.92. The maximum atomic E-state index is 11.5. The number of hydrogen-bond acceptors (Lipinski definition) is 5. The molecule has 6 nitrogen and oxygen atoms in total. The molecule has 0 bridgehead atoms. The topological polar surface area (TPSA) is 90.4 Å². The molecule has 18 heavy (non-hydrogen) atoms. The molecule has 1 aliphatic rings. The number of methoxy groups -OCH3 is 1. The fourth-order valence-corrected chi connectivity index (χ4v) is 2.04. The summed E-state index contributed by atoms with van der Waals surface area (Å²) in [4.78, 5) is 11.5. The smallest absolute Gasteiger partial charge is 0.228 e. The summed E-state index contributed by atoms with van der Waals surface area (Å²) in [5, 5.41) is 6.44. The Labute approximate surface area is 103 Å². The number of carbonyl (C=O) groups is 1. The fourth-order valence-electron chi connectivity index (χ4n) is 2.04. The number of nitrogens with zero attached hydrogens (tertiary/aromatic N) is 1. The van der Waals surface area contributed by atoms with Crippen molar-refractivity contribution in [3.63, 3.8) is 0 Å². The lowest BCUT2D eigenvalue weighted by Crippen LogP contribution is -2.04. The molecule has 1 aromatic heterocycles. The van der Waals surface area contributed by atoms with E-state index in [0.29, 0.717) is 23.7 Å². The number of aromatic nitrogens is 1. The van der Waals surface area contributed by atoms with E-state index in [1.807, 2.05) is 6.07 Å². The second-order valence-corrected chi connectivity index (χ2v) is 4.05. The van der Waals surface area contributed by atoms with Crippen LogP contribution in [0.15, 0.2) is 22.7 Å². The van der Waals surface area contributed by atoms with Crippen LogP contribution in [0.5, 0.6) is 5.75 Å². The van der Waals surface area contributed by atoms with E-state index in [2.05, 4.69) is 10.5 Å². The Kier molecular flexibility index (Phi) is 2.22. The van der Waals surface area contributed by atoms with Crippen LogP contribution in [0.1, 0.15) is 5.56 Å². The minimum atomic E-state index is -0.0491. The number of hydrogen-bond donors (Lipinski definition) is 2. The molecule has 0 fully saturated rings. The molecule has 2 heterocycles. The number of ether oxygens (including phenoxy) is 1. The third kappa shape index (κ3) is 1.58. The van der Waals surface area contributed by atoms with E-state index >= 15 is 0 Å². The van der Waals surface area contributed by atoms with Gasteiger partial charge in [-0.05, 0) is 17.7 Å². The van der Waals surface area contributed by atoms with Crippen molar-refractivity contribution in [2.45, 2.75) is 6.42 Å². The quantitative estimate of drug-likeness (QED) is 0.835. The fraction of sp³-hybridized carbons (Fsp3) is 0.167. The highest BCUT2D eigenvalue weighted by Crippen LogP contribution is 2.38. The van der Waals surface area contributed by atoms with Gasteiger partial charge in [0, 0.05) is 11.6 Å². The lowest BCUT2D eigenvalue weighted by molar-refractivity contribution is -0.115. The molecule has 0 radical (unpaired) electrons. The maximum Gasteiger partial charge on any atom is 0.228 e. The molecule has 0 saturated heterocycles. The van der Waals surface area contributed by atoms with E-state index in [0.717, 1.165) is 16.8 Å². The minimum Gasteiger partial charge on any atom is -0.497 e. The summed E-state index contributed by atoms with van der Waals surface area (Å²) in [6.07, 6.45) is 0.336. The summed E-state index contributed by atoms with van der Waals surface area (Å²) >= 11 is 0. The van der Waals surface area contributed by atoms with Crippen molar-refractivity contribution in [2.75, 3.05) is 18.2 Å². The molecular formula is C12H11N3O3. The molecule has 92 valence electrons. The summed E-state index contributed by atoms with van der Waals surface area (Å²) in [6, 6.07) is 5.22. The molecule has 0 atom stereocenters. The van der Waals surface area contributed by atoms with Crippen LogP contribution < -0.4 is 15.8 Å². The first-order valence-electron chi connectivity index (χ1n) is 5.40. The van der Waals surface area contributed by atoms with E-state index < -0.39 is 0 Å². The second-order valence-electron chi connectivity index (χ2n) is 4.05. The maximum absolute atomic E-state index is 11.5. The SMILES string of the molecule is COc1cc2c(c(-c3cc(N)no3)c1)NC(=O)C2. The van der Waals surface area contributed by atoms with E-state index in [4.69, 9.17) is 15.0 Å². The molecule has 0 aliphatic carbocycles. The monoisotopic (exact) mass is 245 g/mol. The zero-order chi connectivity index (χ0) is 12.7. The highest BCUT2D eigenvalue weighted by atomic mass is 16.5. The van der Waals surface area contributed by atoms with Crippen LogP contribution in [-0.2, 0) is 11.2 Å². The first kappa shape index (κ1) is 10.6. The number of carbonyl (C=O) groups excluding carboxylic acids is 1. The van der Waals surface area contributed by atoms with Crippen molar-refractivity contribution in [1.29, 1.82) is 0 Å². The number of nitrogens with two attached hydrogens (primary N) is 1. The molecule has 1 aliphatic heterocycles. The lowest BCUT2D eigenvalue weighted by atomic mass is 10.0. The third-order valence-electron chi connectivity index (χ3n) is 2.84. The van der Waals surface area contributed by atoms with Crippen molar-refractivity contribution in [2.24, 2.45) is 0 Å². The Hall–Kier alpha value is -2.50. The molecule has 0 unspecified atom stereocenters. The summed E-state index contributed by atoms with van der Waals surface area (Å²) in [6.45, 7) is 0. The zero-order valence-corrected chi connectivity index (χ0v) is 9.69. The normalized spacial score (nSPS) is 13.3. The van der Waals surface area contributed by atoms with Crippen molar-refractivity contribution in [3.05, 3.63) is 23.8 Å². The van der Waals surface area contributed by atoms with E-state index in [9.17, 15) is 4.79 Å². The van der Waals surface area contributed by atoms with Crippen molar-refractivity contribution >= 4 is 17.4 Å². The van der Waals surface area contributed by atoms with Crippen molar-refractivity contribution < 1.29 is 14.1 Å². The molecule has 1 aromatic carbocycles. The Balaban J connectivity index is 2.19. The highest BCUT2D eigenvalue weighted by molar-refractivity contribution is 6.03. The van der Waals surface area contributed by atoms with Gasteiger partial charge in [0.1, 0.15) is 5.75 Å². The van der Waals surface area contributed by atoms with Crippen LogP contribution in [0.3, 0.4) is 0 Å². The Morgan fingerprint density at radius 2 is 2.28 bits per heavy atom. The predicted octanol–water partition coefficient (Wildman–Crippen LogP) is 1.43. The van der Waals surface area contributed by atoms with Gasteiger partial charge in [-0.15, -0.1) is 0 Å². The summed E-state index contributed by atoms with van der Waals surface area (Å²) < 4.78 is 10.3.